The third-order valence-corrected chi connectivity index (χ3v) is 15.7. The van der Waals surface area contributed by atoms with E-state index in [0.29, 0.717) is 56.3 Å². The summed E-state index contributed by atoms with van der Waals surface area (Å²) in [4.78, 5) is 149. The van der Waals surface area contributed by atoms with Crippen LogP contribution in [0.25, 0.3) is 0 Å². The number of carboxylic acids is 1. The van der Waals surface area contributed by atoms with Crippen LogP contribution in [0, 0.1) is 23.7 Å². The van der Waals surface area contributed by atoms with Gasteiger partial charge in [-0.2, -0.15) is 0 Å². The van der Waals surface area contributed by atoms with Crippen LogP contribution in [0.2, 0.25) is 0 Å². The highest BCUT2D eigenvalue weighted by Crippen LogP contribution is 2.30. The van der Waals surface area contributed by atoms with Gasteiger partial charge in [0, 0.05) is 72.1 Å². The molecule has 24 heteroatoms. The summed E-state index contributed by atoms with van der Waals surface area (Å²) in [6.45, 7) is 12.2. The zero-order valence-electron chi connectivity index (χ0n) is 51.1. The number of unbranched alkanes of at least 4 members (excludes halogenated alkanes) is 2. The molecule has 10 amide bonds. The van der Waals surface area contributed by atoms with E-state index in [1.54, 1.807) is 95.1 Å². The van der Waals surface area contributed by atoms with Crippen molar-refractivity contribution in [3.63, 3.8) is 0 Å². The number of aliphatic carboxylic acids is 1. The maximum atomic E-state index is 14.3. The maximum Gasteiger partial charge on any atom is 0.410 e. The van der Waals surface area contributed by atoms with Gasteiger partial charge in [0.25, 0.3) is 11.8 Å². The van der Waals surface area contributed by atoms with Crippen LogP contribution in [0.3, 0.4) is 0 Å². The number of methoxy groups -OCH3 is 2. The number of likely N-dealkylation sites (N-methyl/N-ethyl adjacent to an activating group) is 2. The topological polar surface area (TPSA) is 309 Å². The molecule has 0 saturated carbocycles. The molecule has 9 atom stereocenters. The van der Waals surface area contributed by atoms with Gasteiger partial charge in [0.1, 0.15) is 24.7 Å². The zero-order valence-corrected chi connectivity index (χ0v) is 51.1. The molecule has 0 bridgehead atoms. The summed E-state index contributed by atoms with van der Waals surface area (Å²) in [5.41, 5.74) is 1.70. The number of anilines is 1. The number of ether oxygens (including phenoxy) is 3. The van der Waals surface area contributed by atoms with E-state index in [1.807, 2.05) is 19.9 Å². The van der Waals surface area contributed by atoms with Crippen LogP contribution in [0.1, 0.15) is 111 Å². The standard InChI is InChI=1S/C61H89N9O15/c1-12-39(6)55(46(83-10)33-51(75)69-31-19-22-45(69)56(84-11)40(7)57(77)65-44(60(80)81)32-41-20-15-13-16-21-41)67(8)52(76)35-63-59(79)54(38(4)5)68(9)61(82)85-36-42-24-26-43(27-25-42)64-48(72)34-62-58(78)53(37(2)3)66-47(71)23-17-14-18-30-70-49(73)28-29-50(70)74/h13,15-16,20-21,24-29,37-40,44-46,53-56H,12,14,17-19,22-23,30-36H2,1-11H3,(H,62,78)(H,63,79)(H,64,72)(H,65,77)(H,66,71)(H,80,81)/t39-,40+,44-,45-,46+,53?,54?,55-,56+/m0/s1. The summed E-state index contributed by atoms with van der Waals surface area (Å²) in [5, 5.41) is 23.3. The molecule has 468 valence electrons. The Morgan fingerprint density at radius 2 is 1.38 bits per heavy atom. The summed E-state index contributed by atoms with van der Waals surface area (Å²) < 4.78 is 17.4. The van der Waals surface area contributed by atoms with E-state index in [-0.39, 0.29) is 74.4 Å². The lowest BCUT2D eigenvalue weighted by molar-refractivity contribution is -0.147. The number of benzene rings is 2. The van der Waals surface area contributed by atoms with Crippen molar-refractivity contribution in [2.45, 2.75) is 155 Å². The van der Waals surface area contributed by atoms with Crippen molar-refractivity contribution in [3.8, 4) is 0 Å². The van der Waals surface area contributed by atoms with E-state index in [2.05, 4.69) is 26.6 Å². The van der Waals surface area contributed by atoms with E-state index in [0.717, 1.165) is 15.4 Å². The average Bonchev–Trinajstić information content (AvgIpc) is 3.71. The molecule has 0 aromatic heterocycles. The fraction of sp³-hybridized carbons (Fsp3) is 0.590. The van der Waals surface area contributed by atoms with Crippen molar-refractivity contribution in [1.82, 2.24) is 40.9 Å². The molecule has 6 N–H and O–H groups in total. The molecule has 4 rings (SSSR count). The first kappa shape index (κ1) is 69.8. The van der Waals surface area contributed by atoms with Crippen LogP contribution in [-0.2, 0) is 75.2 Å². The molecular weight excluding hydrogens is 1100 g/mol. The van der Waals surface area contributed by atoms with Gasteiger partial charge in [0.15, 0.2) is 0 Å². The second-order valence-electron chi connectivity index (χ2n) is 22.5. The monoisotopic (exact) mass is 1190 g/mol. The highest BCUT2D eigenvalue weighted by Gasteiger charge is 2.43. The van der Waals surface area contributed by atoms with Crippen molar-refractivity contribution in [2.24, 2.45) is 23.7 Å². The molecule has 2 aliphatic heterocycles. The second-order valence-corrected chi connectivity index (χ2v) is 22.5. The van der Waals surface area contributed by atoms with Crippen LogP contribution >= 0.6 is 0 Å². The lowest BCUT2D eigenvalue weighted by atomic mass is 9.90. The Kier molecular flexibility index (Phi) is 28.1. The highest BCUT2D eigenvalue weighted by molar-refractivity contribution is 6.12. The molecule has 24 nitrogen and oxygen atoms in total. The Balaban J connectivity index is 1.25. The summed E-state index contributed by atoms with van der Waals surface area (Å²) >= 11 is 0. The number of nitrogens with zero attached hydrogens (tertiary/aromatic N) is 4. The van der Waals surface area contributed by atoms with E-state index in [1.165, 1.54) is 38.3 Å². The second kappa shape index (κ2) is 34.3. The molecule has 2 unspecified atom stereocenters. The van der Waals surface area contributed by atoms with Crippen LogP contribution in [0.5, 0.6) is 0 Å². The number of carbonyl (C=O) groups is 11. The summed E-state index contributed by atoms with van der Waals surface area (Å²) in [5.74, 6) is -6.85. The molecule has 85 heavy (non-hydrogen) atoms. The number of carboxylic acid groups (broad SMARTS) is 1. The molecular formula is C61H89N9O15. The van der Waals surface area contributed by atoms with E-state index >= 15 is 0 Å². The van der Waals surface area contributed by atoms with Gasteiger partial charge in [-0.15, -0.1) is 0 Å². The maximum absolute atomic E-state index is 14.3. The molecule has 0 radical (unpaired) electrons. The number of carbonyl (C=O) groups excluding carboxylic acids is 10. The van der Waals surface area contributed by atoms with Gasteiger partial charge in [-0.25, -0.2) is 9.59 Å². The molecule has 2 aromatic carbocycles. The molecule has 2 heterocycles. The molecule has 1 saturated heterocycles. The van der Waals surface area contributed by atoms with Gasteiger partial charge in [0.2, 0.25) is 41.4 Å². The number of hydrogen-bond acceptors (Lipinski definition) is 14. The van der Waals surface area contributed by atoms with Gasteiger partial charge in [-0.3, -0.25) is 53.0 Å². The fourth-order valence-corrected chi connectivity index (χ4v) is 10.7. The Bertz CT molecular complexity index is 2630. The average molecular weight is 1190 g/mol. The number of nitrogens with one attached hydrogen (secondary N) is 5. The summed E-state index contributed by atoms with van der Waals surface area (Å²) in [6.07, 6.45) is 3.61. The lowest BCUT2D eigenvalue weighted by Gasteiger charge is -2.39. The Labute approximate surface area is 498 Å². The van der Waals surface area contributed by atoms with Crippen molar-refractivity contribution in [1.29, 1.82) is 0 Å². The van der Waals surface area contributed by atoms with Gasteiger partial charge in [-0.05, 0) is 66.7 Å². The molecule has 1 fully saturated rings. The minimum absolute atomic E-state index is 0.0846. The van der Waals surface area contributed by atoms with Gasteiger partial charge < -0.3 is 55.7 Å². The minimum Gasteiger partial charge on any atom is -0.480 e. The zero-order chi connectivity index (χ0) is 63.1. The first-order valence-corrected chi connectivity index (χ1v) is 29.2. The van der Waals surface area contributed by atoms with E-state index in [4.69, 9.17) is 14.2 Å². The molecule has 0 spiro atoms. The summed E-state index contributed by atoms with van der Waals surface area (Å²) in [6, 6.07) is 11.1. The van der Waals surface area contributed by atoms with Crippen LogP contribution in [0.4, 0.5) is 10.5 Å². The summed E-state index contributed by atoms with van der Waals surface area (Å²) in [7, 11) is 5.92. The number of amides is 10. The predicted octanol–water partition coefficient (Wildman–Crippen LogP) is 3.81. The first-order valence-electron chi connectivity index (χ1n) is 29.2. The van der Waals surface area contributed by atoms with Crippen molar-refractivity contribution >= 4 is 70.9 Å². The smallest absolute Gasteiger partial charge is 0.410 e. The Morgan fingerprint density at radius 1 is 0.729 bits per heavy atom. The van der Waals surface area contributed by atoms with Gasteiger partial charge >= 0.3 is 12.1 Å². The Morgan fingerprint density at radius 3 is 1.96 bits per heavy atom. The van der Waals surface area contributed by atoms with Crippen molar-refractivity contribution in [2.75, 3.05) is 59.8 Å². The molecule has 0 aliphatic carbocycles. The number of likely N-dealkylation sites (tertiary alicyclic amines) is 1. The van der Waals surface area contributed by atoms with Gasteiger partial charge in [-0.1, -0.05) is 104 Å². The molecule has 2 aliphatic rings. The van der Waals surface area contributed by atoms with E-state index < -0.39 is 102 Å². The third-order valence-electron chi connectivity index (χ3n) is 15.7. The quantitative estimate of drug-likeness (QED) is 0.0429. The lowest BCUT2D eigenvalue weighted by Crippen LogP contribution is -2.56. The van der Waals surface area contributed by atoms with Crippen molar-refractivity contribution in [3.05, 3.63) is 77.9 Å². The van der Waals surface area contributed by atoms with Crippen LogP contribution in [0.15, 0.2) is 66.7 Å². The minimum atomic E-state index is -1.18. The highest BCUT2D eigenvalue weighted by atomic mass is 16.6. The normalized spacial score (nSPS) is 16.8. The SMILES string of the molecule is CC[C@H](C)[C@@H]([C@@H](CC(=O)N1CCC[C@H]1[C@H](OC)[C@@H](C)C(=O)N[C@@H](Cc1ccccc1)C(=O)O)OC)N(C)C(=O)CNC(=O)C(C(C)C)N(C)C(=O)OCc1ccc(NC(=O)CNC(=O)C(NC(=O)CCCCCN2C(=O)C=CC2=O)C(C)C)cc1. The largest absolute Gasteiger partial charge is 0.480 e. The number of hydrogen-bond donors (Lipinski definition) is 6. The van der Waals surface area contributed by atoms with Crippen LogP contribution in [-0.4, -0.2) is 187 Å². The van der Waals surface area contributed by atoms with Gasteiger partial charge in [0.05, 0.1) is 49.7 Å². The Hall–Kier alpha value is -7.73. The van der Waals surface area contributed by atoms with Crippen LogP contribution < -0.4 is 26.6 Å². The number of rotatable bonds is 34. The molecule has 2 aromatic rings. The van der Waals surface area contributed by atoms with Crippen molar-refractivity contribution < 1.29 is 72.1 Å². The number of imide groups is 1. The fourth-order valence-electron chi connectivity index (χ4n) is 10.7. The predicted molar refractivity (Wildman–Crippen MR) is 315 cm³/mol. The van der Waals surface area contributed by atoms with E-state index in [9.17, 15) is 57.8 Å². The first-order chi connectivity index (χ1) is 40.3. The third kappa shape index (κ3) is 20.8.